The minimum Gasteiger partial charge on any atom is -0.494 e. The summed E-state index contributed by atoms with van der Waals surface area (Å²) in [4.78, 5) is 16.3. The number of nitrogens with zero attached hydrogens (tertiary/aromatic N) is 1. The molecule has 0 fully saturated rings. The molecular formula is C17H12F4N2O3S. The Kier molecular flexibility index (Phi) is 5.17. The van der Waals surface area contributed by atoms with Gasteiger partial charge in [0.2, 0.25) is 11.6 Å². The van der Waals surface area contributed by atoms with E-state index in [1.807, 2.05) is 6.92 Å². The molecule has 0 atom stereocenters. The maximum atomic E-state index is 14.0. The van der Waals surface area contributed by atoms with Crippen LogP contribution in [0.5, 0.6) is 11.5 Å². The molecule has 0 unspecified atom stereocenters. The highest BCUT2D eigenvalue weighted by molar-refractivity contribution is 7.22. The Balaban J connectivity index is 1.95. The minimum absolute atomic E-state index is 0.000849. The van der Waals surface area contributed by atoms with Crippen LogP contribution in [0.15, 0.2) is 18.2 Å². The molecule has 1 N–H and O–H groups in total. The van der Waals surface area contributed by atoms with Crippen LogP contribution in [0.4, 0.5) is 22.7 Å². The molecular weight excluding hydrogens is 388 g/mol. The molecule has 0 spiro atoms. The first-order valence-electron chi connectivity index (χ1n) is 7.62. The molecule has 0 saturated carbocycles. The average molecular weight is 400 g/mol. The van der Waals surface area contributed by atoms with Gasteiger partial charge in [0.25, 0.3) is 5.91 Å². The van der Waals surface area contributed by atoms with Crippen molar-refractivity contribution in [3.63, 3.8) is 0 Å². The second kappa shape index (κ2) is 7.39. The zero-order valence-electron chi connectivity index (χ0n) is 14.0. The monoisotopic (exact) mass is 400 g/mol. The van der Waals surface area contributed by atoms with Gasteiger partial charge in [-0.25, -0.2) is 13.8 Å². The molecule has 0 radical (unpaired) electrons. The van der Waals surface area contributed by atoms with Crippen LogP contribution in [0.25, 0.3) is 10.2 Å². The van der Waals surface area contributed by atoms with Crippen LogP contribution in [0, 0.1) is 23.3 Å². The Labute approximate surface area is 154 Å². The van der Waals surface area contributed by atoms with Crippen LogP contribution in [-0.4, -0.2) is 24.6 Å². The third kappa shape index (κ3) is 3.39. The Morgan fingerprint density at radius 1 is 1.15 bits per heavy atom. The standard InChI is InChI=1S/C17H12F4N2O3S/c1-3-26-7-4-5-8-9(6-7)27-17(22-8)23-16(24)10-11(18)13(20)15(25-2)14(21)12(10)19/h4-6H,3H2,1-2H3,(H,22,23,24). The Bertz CT molecular complexity index is 1010. The number of hydrogen-bond donors (Lipinski definition) is 1. The summed E-state index contributed by atoms with van der Waals surface area (Å²) in [5.74, 6) is -9.35. The lowest BCUT2D eigenvalue weighted by Gasteiger charge is -2.10. The molecule has 0 aliphatic rings. The van der Waals surface area contributed by atoms with E-state index in [1.54, 1.807) is 18.2 Å². The smallest absolute Gasteiger partial charge is 0.263 e. The summed E-state index contributed by atoms with van der Waals surface area (Å²) in [7, 11) is 0.845. The van der Waals surface area contributed by atoms with Crippen LogP contribution < -0.4 is 14.8 Å². The number of halogens is 4. The topological polar surface area (TPSA) is 60.5 Å². The van der Waals surface area contributed by atoms with Gasteiger partial charge in [0.1, 0.15) is 11.3 Å². The van der Waals surface area contributed by atoms with Crippen molar-refractivity contribution >= 4 is 32.6 Å². The van der Waals surface area contributed by atoms with Crippen molar-refractivity contribution in [2.75, 3.05) is 19.0 Å². The number of fused-ring (bicyclic) bond motifs is 1. The molecule has 0 bridgehead atoms. The minimum atomic E-state index is -1.86. The van der Waals surface area contributed by atoms with Crippen molar-refractivity contribution in [2.24, 2.45) is 0 Å². The number of carbonyl (C=O) groups excluding carboxylic acids is 1. The number of hydrogen-bond acceptors (Lipinski definition) is 5. The van der Waals surface area contributed by atoms with Crippen molar-refractivity contribution in [1.29, 1.82) is 0 Å². The van der Waals surface area contributed by atoms with Crippen LogP contribution in [-0.2, 0) is 0 Å². The van der Waals surface area contributed by atoms with E-state index < -0.39 is 40.5 Å². The summed E-state index contributed by atoms with van der Waals surface area (Å²) < 4.78 is 65.9. The second-order valence-electron chi connectivity index (χ2n) is 5.20. The number of ether oxygens (including phenoxy) is 2. The van der Waals surface area contributed by atoms with E-state index in [9.17, 15) is 22.4 Å². The quantitative estimate of drug-likeness (QED) is 0.506. The van der Waals surface area contributed by atoms with Crippen molar-refractivity contribution in [3.05, 3.63) is 47.0 Å². The highest BCUT2D eigenvalue weighted by Crippen LogP contribution is 2.32. The van der Waals surface area contributed by atoms with Gasteiger partial charge in [-0.3, -0.25) is 10.1 Å². The first-order chi connectivity index (χ1) is 12.9. The Hall–Kier alpha value is -2.88. The van der Waals surface area contributed by atoms with Gasteiger partial charge in [-0.2, -0.15) is 8.78 Å². The molecule has 0 aliphatic heterocycles. The van der Waals surface area contributed by atoms with Gasteiger partial charge in [-0.1, -0.05) is 11.3 Å². The van der Waals surface area contributed by atoms with E-state index in [2.05, 4.69) is 15.0 Å². The van der Waals surface area contributed by atoms with Gasteiger partial charge < -0.3 is 9.47 Å². The van der Waals surface area contributed by atoms with Crippen molar-refractivity contribution in [2.45, 2.75) is 6.92 Å². The zero-order chi connectivity index (χ0) is 19.7. The van der Waals surface area contributed by atoms with Gasteiger partial charge in [-0.15, -0.1) is 0 Å². The first-order valence-corrected chi connectivity index (χ1v) is 8.43. The van der Waals surface area contributed by atoms with Gasteiger partial charge in [-0.05, 0) is 25.1 Å². The number of thiazole rings is 1. The number of rotatable bonds is 5. The molecule has 3 rings (SSSR count). The van der Waals surface area contributed by atoms with E-state index in [0.717, 1.165) is 18.4 Å². The van der Waals surface area contributed by atoms with Gasteiger partial charge in [0.15, 0.2) is 22.5 Å². The molecule has 0 saturated heterocycles. The number of methoxy groups -OCH3 is 1. The molecule has 1 amide bonds. The summed E-state index contributed by atoms with van der Waals surface area (Å²) in [6, 6.07) is 4.99. The molecule has 3 aromatic rings. The molecule has 10 heteroatoms. The lowest BCUT2D eigenvalue weighted by Crippen LogP contribution is -2.18. The number of benzene rings is 2. The average Bonchev–Trinajstić information content (AvgIpc) is 3.02. The SMILES string of the molecule is CCOc1ccc2nc(NC(=O)c3c(F)c(F)c(OC)c(F)c3F)sc2c1. The predicted octanol–water partition coefficient (Wildman–Crippen LogP) is 4.51. The zero-order valence-corrected chi connectivity index (χ0v) is 14.8. The van der Waals surface area contributed by atoms with Crippen molar-refractivity contribution < 1.29 is 31.8 Å². The fourth-order valence-corrected chi connectivity index (χ4v) is 3.25. The number of aromatic nitrogens is 1. The maximum Gasteiger partial charge on any atom is 0.263 e. The maximum absolute atomic E-state index is 14.0. The number of carbonyl (C=O) groups is 1. The molecule has 0 aliphatic carbocycles. The van der Waals surface area contributed by atoms with Crippen LogP contribution in [0.3, 0.4) is 0 Å². The lowest BCUT2D eigenvalue weighted by molar-refractivity contribution is 0.101. The Morgan fingerprint density at radius 2 is 1.81 bits per heavy atom. The first kappa shape index (κ1) is 18.9. The Morgan fingerprint density at radius 3 is 2.41 bits per heavy atom. The lowest BCUT2D eigenvalue weighted by atomic mass is 10.1. The third-order valence-corrected chi connectivity index (χ3v) is 4.48. The number of anilines is 1. The van der Waals surface area contributed by atoms with E-state index in [4.69, 9.17) is 4.74 Å². The van der Waals surface area contributed by atoms with E-state index in [1.165, 1.54) is 0 Å². The van der Waals surface area contributed by atoms with E-state index >= 15 is 0 Å². The summed E-state index contributed by atoms with van der Waals surface area (Å²) in [5, 5.41) is 2.15. The van der Waals surface area contributed by atoms with Gasteiger partial charge in [0.05, 0.1) is 23.9 Å². The largest absolute Gasteiger partial charge is 0.494 e. The van der Waals surface area contributed by atoms with Crippen LogP contribution in [0.2, 0.25) is 0 Å². The summed E-state index contributed by atoms with van der Waals surface area (Å²) in [5.41, 5.74) is -0.896. The van der Waals surface area contributed by atoms with Crippen LogP contribution in [0.1, 0.15) is 17.3 Å². The van der Waals surface area contributed by atoms with Gasteiger partial charge in [0, 0.05) is 0 Å². The second-order valence-corrected chi connectivity index (χ2v) is 6.23. The number of amides is 1. The summed E-state index contributed by atoms with van der Waals surface area (Å²) >= 11 is 1.01. The summed E-state index contributed by atoms with van der Waals surface area (Å²) in [6.45, 7) is 2.28. The normalized spacial score (nSPS) is 10.9. The molecule has 5 nitrogen and oxygen atoms in total. The van der Waals surface area contributed by atoms with E-state index in [-0.39, 0.29) is 5.13 Å². The predicted molar refractivity (Wildman–Crippen MR) is 91.6 cm³/mol. The molecule has 1 heterocycles. The van der Waals surface area contributed by atoms with E-state index in [0.29, 0.717) is 22.6 Å². The molecule has 27 heavy (non-hydrogen) atoms. The third-order valence-electron chi connectivity index (χ3n) is 3.55. The fraction of sp³-hybridized carbons (Fsp3) is 0.176. The highest BCUT2D eigenvalue weighted by Gasteiger charge is 2.30. The fourth-order valence-electron chi connectivity index (χ4n) is 2.36. The molecule has 1 aromatic heterocycles. The van der Waals surface area contributed by atoms with Crippen molar-refractivity contribution in [3.8, 4) is 11.5 Å². The summed E-state index contributed by atoms with van der Waals surface area (Å²) in [6.07, 6.45) is 0. The number of nitrogens with one attached hydrogen (secondary N) is 1. The molecule has 142 valence electrons. The van der Waals surface area contributed by atoms with Gasteiger partial charge >= 0.3 is 0 Å². The molecule has 2 aromatic carbocycles. The van der Waals surface area contributed by atoms with Crippen LogP contribution >= 0.6 is 11.3 Å². The highest BCUT2D eigenvalue weighted by atomic mass is 32.1. The van der Waals surface area contributed by atoms with Crippen molar-refractivity contribution in [1.82, 2.24) is 4.98 Å².